The molecule has 2 aliphatic heterocycles. The Morgan fingerprint density at radius 1 is 1.25 bits per heavy atom. The van der Waals surface area contributed by atoms with Crippen molar-refractivity contribution < 1.29 is 22.7 Å². The van der Waals surface area contributed by atoms with Crippen molar-refractivity contribution in [2.45, 2.75) is 44.2 Å². The van der Waals surface area contributed by atoms with Crippen molar-refractivity contribution in [3.05, 3.63) is 53.1 Å². The Hall–Kier alpha value is -2.91. The largest absolute Gasteiger partial charge is 0.478 e. The van der Waals surface area contributed by atoms with Crippen LogP contribution in [0.2, 0.25) is 0 Å². The van der Waals surface area contributed by atoms with E-state index in [2.05, 4.69) is 11.4 Å². The average Bonchev–Trinajstić information content (AvgIpc) is 2.77. The molecule has 1 atom stereocenters. The molecular formula is C23H27N3O5S. The maximum atomic E-state index is 13.3. The van der Waals surface area contributed by atoms with E-state index < -0.39 is 16.1 Å². The SMILES string of the molecule is CC[C@H]1Oc2cc(S(=O)(=O)N(C)CC(=O)N3CCc4ccccc4C3)c(C)cc2NC1=O. The quantitative estimate of drug-likeness (QED) is 0.743. The molecule has 1 N–H and O–H groups in total. The molecule has 0 fully saturated rings. The number of hydrogen-bond acceptors (Lipinski definition) is 5. The third-order valence-electron chi connectivity index (χ3n) is 6.00. The van der Waals surface area contributed by atoms with Crippen LogP contribution in [0.5, 0.6) is 5.75 Å². The molecule has 0 aliphatic carbocycles. The Labute approximate surface area is 188 Å². The average molecular weight is 458 g/mol. The van der Waals surface area contributed by atoms with Crippen LogP contribution >= 0.6 is 0 Å². The van der Waals surface area contributed by atoms with E-state index in [0.717, 1.165) is 16.3 Å². The Bertz CT molecular complexity index is 1180. The fraction of sp³-hybridized carbons (Fsp3) is 0.391. The maximum Gasteiger partial charge on any atom is 0.265 e. The van der Waals surface area contributed by atoms with Gasteiger partial charge in [0.05, 0.1) is 17.1 Å². The number of carbonyl (C=O) groups excluding carboxylic acids is 2. The van der Waals surface area contributed by atoms with Gasteiger partial charge in [0.2, 0.25) is 15.9 Å². The van der Waals surface area contributed by atoms with Crippen molar-refractivity contribution in [1.29, 1.82) is 0 Å². The first kappa shape index (κ1) is 22.3. The highest BCUT2D eigenvalue weighted by Crippen LogP contribution is 2.35. The first-order valence-electron chi connectivity index (χ1n) is 10.6. The van der Waals surface area contributed by atoms with E-state index in [1.54, 1.807) is 17.9 Å². The van der Waals surface area contributed by atoms with Crippen LogP contribution in [0.4, 0.5) is 5.69 Å². The molecule has 0 saturated heterocycles. The molecule has 2 aromatic rings. The van der Waals surface area contributed by atoms with Crippen molar-refractivity contribution in [1.82, 2.24) is 9.21 Å². The van der Waals surface area contributed by atoms with Gasteiger partial charge in [0.15, 0.2) is 6.10 Å². The second-order valence-electron chi connectivity index (χ2n) is 8.21. The number of benzene rings is 2. The summed E-state index contributed by atoms with van der Waals surface area (Å²) in [7, 11) is -2.54. The number of ether oxygens (including phenoxy) is 1. The van der Waals surface area contributed by atoms with E-state index >= 15 is 0 Å². The molecule has 8 nitrogen and oxygen atoms in total. The van der Waals surface area contributed by atoms with E-state index in [-0.39, 0.29) is 23.3 Å². The first-order valence-corrected chi connectivity index (χ1v) is 12.1. The topological polar surface area (TPSA) is 96.0 Å². The van der Waals surface area contributed by atoms with E-state index in [1.807, 2.05) is 25.1 Å². The number of sulfonamides is 1. The molecule has 170 valence electrons. The van der Waals surface area contributed by atoms with Crippen LogP contribution in [0.15, 0.2) is 41.3 Å². The van der Waals surface area contributed by atoms with Gasteiger partial charge in [0.25, 0.3) is 5.91 Å². The minimum Gasteiger partial charge on any atom is -0.478 e. The zero-order valence-corrected chi connectivity index (χ0v) is 19.2. The molecule has 0 bridgehead atoms. The number of hydrogen-bond donors (Lipinski definition) is 1. The second-order valence-corrected chi connectivity index (χ2v) is 10.2. The van der Waals surface area contributed by atoms with Crippen LogP contribution in [0.1, 0.15) is 30.0 Å². The van der Waals surface area contributed by atoms with Crippen molar-refractivity contribution in [2.24, 2.45) is 0 Å². The molecule has 0 unspecified atom stereocenters. The summed E-state index contributed by atoms with van der Waals surface area (Å²) in [4.78, 5) is 26.7. The lowest BCUT2D eigenvalue weighted by Gasteiger charge is -2.30. The van der Waals surface area contributed by atoms with Crippen molar-refractivity contribution >= 4 is 27.5 Å². The predicted octanol–water partition coefficient (Wildman–Crippen LogP) is 2.31. The summed E-state index contributed by atoms with van der Waals surface area (Å²) in [5.41, 5.74) is 3.23. The molecular weight excluding hydrogens is 430 g/mol. The number of anilines is 1. The van der Waals surface area contributed by atoms with E-state index in [4.69, 9.17) is 4.74 Å². The monoisotopic (exact) mass is 457 g/mol. The summed E-state index contributed by atoms with van der Waals surface area (Å²) >= 11 is 0. The second kappa shape index (κ2) is 8.55. The highest BCUT2D eigenvalue weighted by Gasteiger charge is 2.32. The molecule has 0 aromatic heterocycles. The van der Waals surface area contributed by atoms with Gasteiger partial charge in [-0.05, 0) is 42.5 Å². The zero-order valence-electron chi connectivity index (χ0n) is 18.4. The summed E-state index contributed by atoms with van der Waals surface area (Å²) in [6, 6.07) is 11.0. The molecule has 0 spiro atoms. The highest BCUT2D eigenvalue weighted by molar-refractivity contribution is 7.89. The number of nitrogens with one attached hydrogen (secondary N) is 1. The summed E-state index contributed by atoms with van der Waals surface area (Å²) in [6.45, 7) is 4.26. The van der Waals surface area contributed by atoms with Crippen LogP contribution in [-0.2, 0) is 32.6 Å². The van der Waals surface area contributed by atoms with Gasteiger partial charge in [0.1, 0.15) is 5.75 Å². The number of carbonyl (C=O) groups is 2. The maximum absolute atomic E-state index is 13.3. The van der Waals surface area contributed by atoms with Crippen LogP contribution < -0.4 is 10.1 Å². The smallest absolute Gasteiger partial charge is 0.265 e. The number of rotatable bonds is 5. The number of nitrogens with zero attached hydrogens (tertiary/aromatic N) is 2. The number of likely N-dealkylation sites (N-methyl/N-ethyl adjacent to an activating group) is 1. The third kappa shape index (κ3) is 4.10. The molecule has 2 aromatic carbocycles. The molecule has 0 radical (unpaired) electrons. The van der Waals surface area contributed by atoms with Crippen molar-refractivity contribution in [3.8, 4) is 5.75 Å². The minimum atomic E-state index is -3.94. The molecule has 4 rings (SSSR count). The van der Waals surface area contributed by atoms with Crippen molar-refractivity contribution in [2.75, 3.05) is 25.5 Å². The summed E-state index contributed by atoms with van der Waals surface area (Å²) in [6.07, 6.45) is 0.556. The lowest BCUT2D eigenvalue weighted by Crippen LogP contribution is -2.43. The number of aryl methyl sites for hydroxylation is 1. The molecule has 32 heavy (non-hydrogen) atoms. The normalized spacial score (nSPS) is 17.9. The minimum absolute atomic E-state index is 0.0570. The lowest BCUT2D eigenvalue weighted by atomic mass is 10.00. The van der Waals surface area contributed by atoms with Crippen LogP contribution in [0.3, 0.4) is 0 Å². The van der Waals surface area contributed by atoms with Gasteiger partial charge in [-0.25, -0.2) is 8.42 Å². The van der Waals surface area contributed by atoms with Gasteiger partial charge < -0.3 is 15.0 Å². The number of fused-ring (bicyclic) bond motifs is 2. The van der Waals surface area contributed by atoms with Crippen LogP contribution in [-0.4, -0.2) is 55.7 Å². The van der Waals surface area contributed by atoms with Gasteiger partial charge in [-0.15, -0.1) is 0 Å². The van der Waals surface area contributed by atoms with E-state index in [0.29, 0.717) is 36.5 Å². The molecule has 0 saturated carbocycles. The van der Waals surface area contributed by atoms with Gasteiger partial charge in [-0.3, -0.25) is 9.59 Å². The first-order chi connectivity index (χ1) is 15.2. The molecule has 2 amide bonds. The fourth-order valence-electron chi connectivity index (χ4n) is 4.08. The van der Waals surface area contributed by atoms with Gasteiger partial charge in [0, 0.05) is 26.2 Å². The predicted molar refractivity (Wildman–Crippen MR) is 120 cm³/mol. The Balaban J connectivity index is 1.52. The van der Waals surface area contributed by atoms with Crippen LogP contribution in [0.25, 0.3) is 0 Å². The lowest BCUT2D eigenvalue weighted by molar-refractivity contribution is -0.132. The highest BCUT2D eigenvalue weighted by atomic mass is 32.2. The van der Waals surface area contributed by atoms with Crippen molar-refractivity contribution in [3.63, 3.8) is 0 Å². The van der Waals surface area contributed by atoms with Gasteiger partial charge in [-0.1, -0.05) is 31.2 Å². The Morgan fingerprint density at radius 2 is 1.97 bits per heavy atom. The molecule has 2 heterocycles. The van der Waals surface area contributed by atoms with Gasteiger partial charge >= 0.3 is 0 Å². The zero-order chi connectivity index (χ0) is 23.0. The van der Waals surface area contributed by atoms with Gasteiger partial charge in [-0.2, -0.15) is 4.31 Å². The Morgan fingerprint density at radius 3 is 2.69 bits per heavy atom. The standard InChI is InChI=1S/C23H27N3O5S/c1-4-19-23(28)24-18-11-15(2)21(12-20(18)31-19)32(29,30)25(3)14-22(27)26-10-9-16-7-5-6-8-17(16)13-26/h5-8,11-12,19H,4,9-10,13-14H2,1-3H3,(H,24,28)/t19-/m1/s1. The molecule has 2 aliphatic rings. The Kier molecular flexibility index (Phi) is 5.96. The number of amides is 2. The fourth-order valence-corrected chi connectivity index (χ4v) is 5.42. The third-order valence-corrected chi connectivity index (χ3v) is 7.94. The summed E-state index contributed by atoms with van der Waals surface area (Å²) in [5, 5.41) is 2.76. The van der Waals surface area contributed by atoms with Crippen LogP contribution in [0, 0.1) is 6.92 Å². The summed E-state index contributed by atoms with van der Waals surface area (Å²) in [5.74, 6) is -0.176. The summed E-state index contributed by atoms with van der Waals surface area (Å²) < 4.78 is 33.3. The van der Waals surface area contributed by atoms with E-state index in [9.17, 15) is 18.0 Å². The van der Waals surface area contributed by atoms with E-state index in [1.165, 1.54) is 18.7 Å². The molecule has 9 heteroatoms.